The molecule has 0 aliphatic carbocycles. The van der Waals surface area contributed by atoms with Crippen molar-refractivity contribution in [3.63, 3.8) is 0 Å². The molecule has 0 aromatic carbocycles. The lowest BCUT2D eigenvalue weighted by Crippen LogP contribution is -2.17. The van der Waals surface area contributed by atoms with Crippen LogP contribution in [0.5, 0.6) is 0 Å². The van der Waals surface area contributed by atoms with Crippen LogP contribution in [-0.2, 0) is 13.1 Å². The van der Waals surface area contributed by atoms with Crippen LogP contribution in [0.25, 0.3) is 0 Å². The lowest BCUT2D eigenvalue weighted by atomic mass is 10.2. The molecule has 0 spiro atoms. The maximum absolute atomic E-state index is 3.96. The summed E-state index contributed by atoms with van der Waals surface area (Å²) in [5.41, 5.74) is 2.52. The van der Waals surface area contributed by atoms with Gasteiger partial charge in [0.05, 0.1) is 6.20 Å². The molecule has 4 nitrogen and oxygen atoms in total. The van der Waals surface area contributed by atoms with Crippen LogP contribution in [0.15, 0.2) is 30.9 Å². The van der Waals surface area contributed by atoms with Crippen LogP contribution < -0.4 is 5.32 Å². The Morgan fingerprint density at radius 2 is 2.41 bits per heavy atom. The quantitative estimate of drug-likeness (QED) is 0.803. The summed E-state index contributed by atoms with van der Waals surface area (Å²) >= 11 is 0. The first-order chi connectivity index (χ1) is 8.29. The van der Waals surface area contributed by atoms with Gasteiger partial charge in [0.25, 0.3) is 0 Å². The van der Waals surface area contributed by atoms with Crippen molar-refractivity contribution in [3.05, 3.63) is 42.0 Å². The normalized spacial score (nSPS) is 12.8. The van der Waals surface area contributed by atoms with E-state index in [0.29, 0.717) is 6.04 Å². The van der Waals surface area contributed by atoms with Gasteiger partial charge in [-0.25, -0.2) is 0 Å². The Kier molecular flexibility index (Phi) is 3.98. The van der Waals surface area contributed by atoms with Crippen molar-refractivity contribution >= 4 is 0 Å². The van der Waals surface area contributed by atoms with Crippen molar-refractivity contribution in [1.82, 2.24) is 20.1 Å². The van der Waals surface area contributed by atoms with Crippen LogP contribution in [0.3, 0.4) is 0 Å². The first-order valence-corrected chi connectivity index (χ1v) is 6.16. The first kappa shape index (κ1) is 11.9. The number of nitrogens with one attached hydrogen (secondary N) is 2. The fraction of sp³-hybridized carbons (Fsp3) is 0.462. The molecule has 2 rings (SSSR count). The summed E-state index contributed by atoms with van der Waals surface area (Å²) in [5.74, 6) is 0. The maximum Gasteiger partial charge on any atom is 0.0534 e. The fourth-order valence-electron chi connectivity index (χ4n) is 1.88. The van der Waals surface area contributed by atoms with Gasteiger partial charge in [0, 0.05) is 43.3 Å². The Hall–Kier alpha value is -1.55. The monoisotopic (exact) mass is 232 g/mol. The lowest BCUT2D eigenvalue weighted by Gasteiger charge is -2.10. The fourth-order valence-corrected chi connectivity index (χ4v) is 1.88. The predicted molar refractivity (Wildman–Crippen MR) is 68.6 cm³/mol. The lowest BCUT2D eigenvalue weighted by molar-refractivity contribution is 0.573. The topological polar surface area (TPSA) is 45.6 Å². The van der Waals surface area contributed by atoms with E-state index >= 15 is 0 Å². The zero-order chi connectivity index (χ0) is 12.1. The molecule has 1 atom stereocenters. The molecule has 2 N–H and O–H groups in total. The third-order valence-electron chi connectivity index (χ3n) is 2.93. The minimum absolute atomic E-state index is 0.322. The SMILES string of the molecule is CCCn1ccc(CNC(C)c2cn[nH]c2)c1. The van der Waals surface area contributed by atoms with Gasteiger partial charge in [-0.2, -0.15) is 5.10 Å². The van der Waals surface area contributed by atoms with Gasteiger partial charge in [-0.3, -0.25) is 5.10 Å². The highest BCUT2D eigenvalue weighted by molar-refractivity contribution is 5.12. The standard InChI is InChI=1S/C13H20N4/c1-3-5-17-6-4-12(10-17)7-14-11(2)13-8-15-16-9-13/h4,6,8-11,14H,3,5,7H2,1-2H3,(H,15,16). The highest BCUT2D eigenvalue weighted by Gasteiger charge is 2.05. The number of aromatic amines is 1. The molecule has 17 heavy (non-hydrogen) atoms. The average Bonchev–Trinajstić information content (AvgIpc) is 2.97. The second kappa shape index (κ2) is 5.68. The van der Waals surface area contributed by atoms with Crippen LogP contribution in [0, 0.1) is 0 Å². The molecule has 92 valence electrons. The third kappa shape index (κ3) is 3.20. The van der Waals surface area contributed by atoms with Gasteiger partial charge < -0.3 is 9.88 Å². The van der Waals surface area contributed by atoms with Crippen LogP contribution >= 0.6 is 0 Å². The summed E-state index contributed by atoms with van der Waals surface area (Å²) in [6.45, 7) is 6.33. The van der Waals surface area contributed by atoms with Crippen molar-refractivity contribution in [2.24, 2.45) is 0 Å². The minimum Gasteiger partial charge on any atom is -0.354 e. The smallest absolute Gasteiger partial charge is 0.0534 e. The van der Waals surface area contributed by atoms with Crippen molar-refractivity contribution in [3.8, 4) is 0 Å². The number of hydrogen-bond donors (Lipinski definition) is 2. The number of hydrogen-bond acceptors (Lipinski definition) is 2. The molecule has 0 amide bonds. The average molecular weight is 232 g/mol. The molecule has 2 aromatic rings. The van der Waals surface area contributed by atoms with Gasteiger partial charge in [-0.05, 0) is 25.0 Å². The molecule has 0 fully saturated rings. The first-order valence-electron chi connectivity index (χ1n) is 6.16. The highest BCUT2D eigenvalue weighted by Crippen LogP contribution is 2.10. The van der Waals surface area contributed by atoms with Crippen LogP contribution in [0.4, 0.5) is 0 Å². The van der Waals surface area contributed by atoms with Gasteiger partial charge in [-0.15, -0.1) is 0 Å². The minimum atomic E-state index is 0.322. The molecule has 0 aliphatic rings. The van der Waals surface area contributed by atoms with Crippen LogP contribution in [0.1, 0.15) is 37.4 Å². The molecule has 0 saturated heterocycles. The Morgan fingerprint density at radius 1 is 1.53 bits per heavy atom. The van der Waals surface area contributed by atoms with Gasteiger partial charge in [0.15, 0.2) is 0 Å². The van der Waals surface area contributed by atoms with E-state index in [1.807, 2.05) is 12.4 Å². The van der Waals surface area contributed by atoms with Crippen molar-refractivity contribution in [2.45, 2.75) is 39.4 Å². The van der Waals surface area contributed by atoms with Crippen molar-refractivity contribution < 1.29 is 0 Å². The highest BCUT2D eigenvalue weighted by atomic mass is 15.1. The number of rotatable bonds is 6. The Labute approximate surface area is 102 Å². The molecule has 0 radical (unpaired) electrons. The van der Waals surface area contributed by atoms with E-state index in [4.69, 9.17) is 0 Å². The third-order valence-corrected chi connectivity index (χ3v) is 2.93. The van der Waals surface area contributed by atoms with E-state index in [1.54, 1.807) is 0 Å². The molecule has 2 aromatic heterocycles. The van der Waals surface area contributed by atoms with E-state index < -0.39 is 0 Å². The molecule has 0 aliphatic heterocycles. The van der Waals surface area contributed by atoms with Gasteiger partial charge in [0.2, 0.25) is 0 Å². The van der Waals surface area contributed by atoms with E-state index in [1.165, 1.54) is 17.5 Å². The van der Waals surface area contributed by atoms with E-state index in [2.05, 4.69) is 52.4 Å². The Bertz CT molecular complexity index is 430. The molecular weight excluding hydrogens is 212 g/mol. The summed E-state index contributed by atoms with van der Waals surface area (Å²) in [6.07, 6.45) is 9.31. The molecule has 0 saturated carbocycles. The summed E-state index contributed by atoms with van der Waals surface area (Å²) < 4.78 is 2.24. The predicted octanol–water partition coefficient (Wildman–Crippen LogP) is 2.47. The Morgan fingerprint density at radius 3 is 3.12 bits per heavy atom. The van der Waals surface area contributed by atoms with Crippen LogP contribution in [-0.4, -0.2) is 14.8 Å². The summed E-state index contributed by atoms with van der Waals surface area (Å²) in [5, 5.41) is 10.3. The van der Waals surface area contributed by atoms with E-state index in [-0.39, 0.29) is 0 Å². The number of H-pyrrole nitrogens is 1. The number of aromatic nitrogens is 3. The van der Waals surface area contributed by atoms with Gasteiger partial charge in [0.1, 0.15) is 0 Å². The largest absolute Gasteiger partial charge is 0.354 e. The summed E-state index contributed by atoms with van der Waals surface area (Å²) in [4.78, 5) is 0. The second-order valence-corrected chi connectivity index (χ2v) is 4.39. The van der Waals surface area contributed by atoms with Crippen molar-refractivity contribution in [1.29, 1.82) is 0 Å². The number of nitrogens with zero attached hydrogens (tertiary/aromatic N) is 2. The maximum atomic E-state index is 3.96. The Balaban J connectivity index is 1.84. The molecule has 1 unspecified atom stereocenters. The zero-order valence-corrected chi connectivity index (χ0v) is 10.5. The van der Waals surface area contributed by atoms with Gasteiger partial charge >= 0.3 is 0 Å². The molecule has 0 bridgehead atoms. The second-order valence-electron chi connectivity index (χ2n) is 4.39. The number of aryl methyl sites for hydroxylation is 1. The van der Waals surface area contributed by atoms with Gasteiger partial charge in [-0.1, -0.05) is 6.92 Å². The van der Waals surface area contributed by atoms with Crippen LogP contribution in [0.2, 0.25) is 0 Å². The van der Waals surface area contributed by atoms with E-state index in [9.17, 15) is 0 Å². The summed E-state index contributed by atoms with van der Waals surface area (Å²) in [7, 11) is 0. The zero-order valence-electron chi connectivity index (χ0n) is 10.5. The summed E-state index contributed by atoms with van der Waals surface area (Å²) in [6, 6.07) is 2.49. The van der Waals surface area contributed by atoms with Crippen molar-refractivity contribution in [2.75, 3.05) is 0 Å². The molecular formula is C13H20N4. The van der Waals surface area contributed by atoms with E-state index in [0.717, 1.165) is 13.1 Å². The molecule has 2 heterocycles. The molecule has 4 heteroatoms.